The Bertz CT molecular complexity index is 361. The van der Waals surface area contributed by atoms with Crippen molar-refractivity contribution < 1.29 is 9.53 Å². The second-order valence-corrected chi connectivity index (χ2v) is 8.19. The number of alkyl carbamates (subject to hydrolysis) is 1. The van der Waals surface area contributed by atoms with Crippen molar-refractivity contribution in [1.82, 2.24) is 5.32 Å². The quantitative estimate of drug-likeness (QED) is 0.849. The molecule has 0 atom stereocenters. The van der Waals surface area contributed by atoms with Crippen molar-refractivity contribution in [2.75, 3.05) is 6.54 Å². The van der Waals surface area contributed by atoms with Crippen LogP contribution >= 0.6 is 0 Å². The summed E-state index contributed by atoms with van der Waals surface area (Å²) >= 11 is 0. The first-order valence-electron chi connectivity index (χ1n) is 9.22. The molecule has 118 valence electrons. The molecule has 0 aromatic heterocycles. The van der Waals surface area contributed by atoms with E-state index in [0.29, 0.717) is 17.8 Å². The third kappa shape index (κ3) is 2.93. The minimum atomic E-state index is -0.141. The number of nitrogens with one attached hydrogen (secondary N) is 1. The van der Waals surface area contributed by atoms with Gasteiger partial charge in [0, 0.05) is 6.54 Å². The predicted octanol–water partition coefficient (Wildman–Crippen LogP) is 4.12. The fourth-order valence-electron chi connectivity index (χ4n) is 5.85. The van der Waals surface area contributed by atoms with Crippen LogP contribution < -0.4 is 5.32 Å². The molecule has 4 bridgehead atoms. The van der Waals surface area contributed by atoms with E-state index in [9.17, 15) is 4.79 Å². The van der Waals surface area contributed by atoms with Gasteiger partial charge in [-0.2, -0.15) is 0 Å². The van der Waals surface area contributed by atoms with E-state index in [0.717, 1.165) is 18.4 Å². The average molecular weight is 291 g/mol. The van der Waals surface area contributed by atoms with Crippen molar-refractivity contribution in [3.63, 3.8) is 0 Å². The third-order valence-electron chi connectivity index (χ3n) is 6.64. The summed E-state index contributed by atoms with van der Waals surface area (Å²) in [4.78, 5) is 12.1. The maximum absolute atomic E-state index is 12.1. The standard InChI is InChI=1S/C18H29NO2/c20-18(19-11-12-4-2-1-3-5-12)21-17-15-7-13-6-14(9-15)10-16(17)8-13/h12-17H,1-11H2,(H,19,20). The lowest BCUT2D eigenvalue weighted by atomic mass is 9.55. The predicted molar refractivity (Wildman–Crippen MR) is 81.9 cm³/mol. The lowest BCUT2D eigenvalue weighted by molar-refractivity contribution is -0.0961. The number of carbonyl (C=O) groups excluding carboxylic acids is 1. The first kappa shape index (κ1) is 13.9. The van der Waals surface area contributed by atoms with Crippen LogP contribution in [-0.4, -0.2) is 18.7 Å². The monoisotopic (exact) mass is 291 g/mol. The summed E-state index contributed by atoms with van der Waals surface area (Å²) in [5.74, 6) is 3.91. The molecule has 5 rings (SSSR count). The first-order valence-corrected chi connectivity index (χ1v) is 9.22. The van der Waals surface area contributed by atoms with Gasteiger partial charge >= 0.3 is 6.09 Å². The van der Waals surface area contributed by atoms with Gasteiger partial charge in [0.25, 0.3) is 0 Å². The molecule has 0 saturated heterocycles. The highest BCUT2D eigenvalue weighted by molar-refractivity contribution is 5.67. The van der Waals surface area contributed by atoms with Gasteiger partial charge in [-0.05, 0) is 74.5 Å². The normalized spacial score (nSPS) is 42.0. The highest BCUT2D eigenvalue weighted by Crippen LogP contribution is 2.54. The Morgan fingerprint density at radius 1 is 0.905 bits per heavy atom. The highest BCUT2D eigenvalue weighted by atomic mass is 16.6. The van der Waals surface area contributed by atoms with E-state index >= 15 is 0 Å². The Labute approximate surface area is 128 Å². The van der Waals surface area contributed by atoms with Crippen LogP contribution in [-0.2, 0) is 4.74 Å². The largest absolute Gasteiger partial charge is 0.446 e. The van der Waals surface area contributed by atoms with Gasteiger partial charge in [-0.15, -0.1) is 0 Å². The smallest absolute Gasteiger partial charge is 0.407 e. The van der Waals surface area contributed by atoms with Crippen LogP contribution in [0.25, 0.3) is 0 Å². The van der Waals surface area contributed by atoms with Crippen LogP contribution in [0.15, 0.2) is 0 Å². The molecule has 0 aliphatic heterocycles. The molecule has 3 nitrogen and oxygen atoms in total. The van der Waals surface area contributed by atoms with E-state index in [1.54, 1.807) is 0 Å². The van der Waals surface area contributed by atoms with Gasteiger partial charge in [0.15, 0.2) is 0 Å². The molecule has 0 radical (unpaired) electrons. The number of amides is 1. The second-order valence-electron chi connectivity index (χ2n) is 8.19. The molecule has 0 heterocycles. The number of carbonyl (C=O) groups is 1. The Morgan fingerprint density at radius 3 is 2.14 bits per heavy atom. The highest BCUT2D eigenvalue weighted by Gasteiger charge is 2.49. The molecule has 5 aliphatic carbocycles. The van der Waals surface area contributed by atoms with E-state index < -0.39 is 0 Å². The number of ether oxygens (including phenoxy) is 1. The molecule has 5 saturated carbocycles. The Hall–Kier alpha value is -0.730. The molecule has 21 heavy (non-hydrogen) atoms. The summed E-state index contributed by atoms with van der Waals surface area (Å²) in [6.07, 6.45) is 13.4. The maximum atomic E-state index is 12.1. The fraction of sp³-hybridized carbons (Fsp3) is 0.944. The summed E-state index contributed by atoms with van der Waals surface area (Å²) < 4.78 is 5.87. The van der Waals surface area contributed by atoms with Gasteiger partial charge < -0.3 is 10.1 Å². The zero-order valence-corrected chi connectivity index (χ0v) is 13.1. The zero-order valence-electron chi connectivity index (χ0n) is 13.1. The lowest BCUT2D eigenvalue weighted by Gasteiger charge is -2.53. The van der Waals surface area contributed by atoms with Crippen LogP contribution in [0.4, 0.5) is 4.79 Å². The minimum absolute atomic E-state index is 0.141. The summed E-state index contributed by atoms with van der Waals surface area (Å²) in [6.45, 7) is 0.826. The summed E-state index contributed by atoms with van der Waals surface area (Å²) in [5, 5.41) is 3.05. The Balaban J connectivity index is 1.26. The Morgan fingerprint density at radius 2 is 1.52 bits per heavy atom. The van der Waals surface area contributed by atoms with E-state index in [-0.39, 0.29) is 12.2 Å². The molecule has 0 unspecified atom stereocenters. The Kier molecular flexibility index (Phi) is 3.85. The second kappa shape index (κ2) is 5.81. The minimum Gasteiger partial charge on any atom is -0.446 e. The van der Waals surface area contributed by atoms with Crippen LogP contribution in [0.5, 0.6) is 0 Å². The maximum Gasteiger partial charge on any atom is 0.407 e. The van der Waals surface area contributed by atoms with Crippen LogP contribution in [0.2, 0.25) is 0 Å². The van der Waals surface area contributed by atoms with Crippen molar-refractivity contribution in [3.05, 3.63) is 0 Å². The van der Waals surface area contributed by atoms with E-state index in [1.807, 2.05) is 0 Å². The summed E-state index contributed by atoms with van der Waals surface area (Å²) in [5.41, 5.74) is 0. The number of hydrogen-bond donors (Lipinski definition) is 1. The van der Waals surface area contributed by atoms with Crippen LogP contribution in [0.3, 0.4) is 0 Å². The van der Waals surface area contributed by atoms with Gasteiger partial charge in [0.1, 0.15) is 6.10 Å². The van der Waals surface area contributed by atoms with Crippen molar-refractivity contribution in [2.45, 2.75) is 70.3 Å². The fourth-order valence-corrected chi connectivity index (χ4v) is 5.85. The van der Waals surface area contributed by atoms with Crippen molar-refractivity contribution in [1.29, 1.82) is 0 Å². The third-order valence-corrected chi connectivity index (χ3v) is 6.64. The molecule has 0 spiro atoms. The van der Waals surface area contributed by atoms with Gasteiger partial charge in [0.2, 0.25) is 0 Å². The number of rotatable bonds is 3. The summed E-state index contributed by atoms with van der Waals surface area (Å²) in [7, 11) is 0. The molecule has 0 aromatic rings. The molecule has 1 N–H and O–H groups in total. The first-order chi connectivity index (χ1) is 10.3. The topological polar surface area (TPSA) is 38.3 Å². The molecule has 1 amide bonds. The molecule has 5 fully saturated rings. The van der Waals surface area contributed by atoms with Crippen molar-refractivity contribution in [3.8, 4) is 0 Å². The average Bonchev–Trinajstić information content (AvgIpc) is 2.49. The molecular weight excluding hydrogens is 262 g/mol. The molecule has 5 aliphatic rings. The lowest BCUT2D eigenvalue weighted by Crippen LogP contribution is -2.51. The molecular formula is C18H29NO2. The van der Waals surface area contributed by atoms with E-state index in [4.69, 9.17) is 4.74 Å². The van der Waals surface area contributed by atoms with Gasteiger partial charge in [-0.3, -0.25) is 0 Å². The van der Waals surface area contributed by atoms with Crippen molar-refractivity contribution in [2.24, 2.45) is 29.6 Å². The van der Waals surface area contributed by atoms with Gasteiger partial charge in [0.05, 0.1) is 0 Å². The van der Waals surface area contributed by atoms with Gasteiger partial charge in [-0.25, -0.2) is 4.79 Å². The SMILES string of the molecule is O=C(NCC1CCCCC1)OC1C2CC3CC(C2)CC1C3. The molecule has 0 aromatic carbocycles. The molecule has 3 heteroatoms. The van der Waals surface area contributed by atoms with E-state index in [2.05, 4.69) is 5.32 Å². The zero-order chi connectivity index (χ0) is 14.2. The van der Waals surface area contributed by atoms with Crippen LogP contribution in [0.1, 0.15) is 64.2 Å². The number of hydrogen-bond acceptors (Lipinski definition) is 2. The van der Waals surface area contributed by atoms with Crippen LogP contribution in [0, 0.1) is 29.6 Å². The van der Waals surface area contributed by atoms with Crippen molar-refractivity contribution >= 4 is 6.09 Å². The summed E-state index contributed by atoms with van der Waals surface area (Å²) in [6, 6.07) is 0. The van der Waals surface area contributed by atoms with E-state index in [1.165, 1.54) is 64.2 Å². The van der Waals surface area contributed by atoms with Gasteiger partial charge in [-0.1, -0.05) is 19.3 Å².